The Morgan fingerprint density at radius 2 is 1.80 bits per heavy atom. The summed E-state index contributed by atoms with van der Waals surface area (Å²) in [6, 6.07) is 2.48. The molecule has 2 heteroatoms. The normalized spacial score (nSPS) is 44.6. The Morgan fingerprint density at radius 3 is 2.57 bits per heavy atom. The van der Waals surface area contributed by atoms with E-state index in [-0.39, 0.29) is 5.54 Å². The lowest BCUT2D eigenvalue weighted by Gasteiger charge is -2.66. The summed E-state index contributed by atoms with van der Waals surface area (Å²) in [5.41, 5.74) is 13.5. The summed E-state index contributed by atoms with van der Waals surface area (Å²) in [4.78, 5) is 0. The smallest absolute Gasteiger partial charge is 0.0625 e. The minimum Gasteiger partial charge on any atom is -0.324 e. The number of hydrogen-bond acceptors (Lipinski definition) is 2. The maximum absolute atomic E-state index is 9.46. The third kappa shape index (κ3) is 4.27. The molecule has 2 N–H and O–H groups in total. The van der Waals surface area contributed by atoms with E-state index in [9.17, 15) is 5.26 Å². The highest BCUT2D eigenvalue weighted by molar-refractivity contribution is 5.32. The molecule has 0 spiro atoms. The van der Waals surface area contributed by atoms with Crippen molar-refractivity contribution in [2.75, 3.05) is 0 Å². The Kier molecular flexibility index (Phi) is 7.31. The molecule has 0 saturated heterocycles. The van der Waals surface area contributed by atoms with Crippen molar-refractivity contribution in [3.63, 3.8) is 0 Å². The molecule has 5 aliphatic rings. The Hall–Kier alpha value is -1.07. The topological polar surface area (TPSA) is 49.8 Å². The van der Waals surface area contributed by atoms with E-state index >= 15 is 0 Å². The molecule has 0 bridgehead atoms. The summed E-state index contributed by atoms with van der Waals surface area (Å²) in [6.45, 7) is 7.75. The minimum absolute atomic E-state index is 0.0228. The fourth-order valence-electron chi connectivity index (χ4n) is 10.6. The number of nitrogens with zero attached hydrogens (tertiary/aromatic N) is 1. The highest BCUT2D eigenvalue weighted by Gasteiger charge is 2.66. The fraction of sp³-hybridized carbons (Fsp3) is 0.848. The molecule has 0 aromatic heterocycles. The molecule has 0 radical (unpaired) electrons. The molecule has 7 atom stereocenters. The summed E-state index contributed by atoms with van der Waals surface area (Å²) in [7, 11) is 0. The highest BCUT2D eigenvalue weighted by atomic mass is 14.9. The number of nitriles is 1. The predicted molar refractivity (Wildman–Crippen MR) is 147 cm³/mol. The average Bonchev–Trinajstić information content (AvgIpc) is 3.11. The molecule has 0 aliphatic heterocycles. The minimum atomic E-state index is 0.0228. The van der Waals surface area contributed by atoms with Gasteiger partial charge in [-0.1, -0.05) is 62.8 Å². The lowest BCUT2D eigenvalue weighted by atomic mass is 9.40. The standard InChI is InChI=1S/C33H52N2/c1-24-23-31(2)28(19-21-33(35)29(31)18-17-27-16-7-8-20-32(27,33)3)30(24)26(15-10-22-34)14-9-13-25-11-5-4-6-12-25/h13,24,27-29H,4-12,14-21,23,35H2,1-3H3/b30-26+. The molecule has 5 aliphatic carbocycles. The predicted octanol–water partition coefficient (Wildman–Crippen LogP) is 9.02. The molecule has 35 heavy (non-hydrogen) atoms. The van der Waals surface area contributed by atoms with Crippen molar-refractivity contribution in [3.05, 3.63) is 22.8 Å². The first kappa shape index (κ1) is 25.6. The van der Waals surface area contributed by atoms with Crippen molar-refractivity contribution in [3.8, 4) is 6.07 Å². The summed E-state index contributed by atoms with van der Waals surface area (Å²) in [5.74, 6) is 2.86. The van der Waals surface area contributed by atoms with Crippen LogP contribution >= 0.6 is 0 Å². The Balaban J connectivity index is 1.43. The molecule has 2 nitrogen and oxygen atoms in total. The van der Waals surface area contributed by atoms with Crippen molar-refractivity contribution >= 4 is 0 Å². The largest absolute Gasteiger partial charge is 0.324 e. The van der Waals surface area contributed by atoms with Crippen LogP contribution in [0.25, 0.3) is 0 Å². The molecule has 0 aromatic carbocycles. The SMILES string of the molecule is CC1CC2(C)C(CCC3(N)C2CCC2CCCCC23C)/C1=C(/CCC#N)CCC=C1CCCCC1. The Bertz CT molecular complexity index is 883. The zero-order chi connectivity index (χ0) is 24.7. The first-order valence-corrected chi connectivity index (χ1v) is 15.4. The van der Waals surface area contributed by atoms with Crippen LogP contribution in [0.2, 0.25) is 0 Å². The van der Waals surface area contributed by atoms with Gasteiger partial charge in [0, 0.05) is 12.0 Å². The quantitative estimate of drug-likeness (QED) is 0.402. The van der Waals surface area contributed by atoms with Crippen molar-refractivity contribution in [1.82, 2.24) is 0 Å². The number of rotatable bonds is 5. The van der Waals surface area contributed by atoms with Gasteiger partial charge in [-0.05, 0) is 124 Å². The molecule has 5 fully saturated rings. The molecule has 5 rings (SSSR count). The second-order valence-electron chi connectivity index (χ2n) is 13.9. The van der Waals surface area contributed by atoms with Crippen molar-refractivity contribution in [2.45, 2.75) is 142 Å². The van der Waals surface area contributed by atoms with Gasteiger partial charge >= 0.3 is 0 Å². The molecular formula is C33H52N2. The van der Waals surface area contributed by atoms with E-state index in [4.69, 9.17) is 5.73 Å². The van der Waals surface area contributed by atoms with Crippen LogP contribution in [0.4, 0.5) is 0 Å². The van der Waals surface area contributed by atoms with Gasteiger partial charge < -0.3 is 5.73 Å². The van der Waals surface area contributed by atoms with Crippen LogP contribution in [0.5, 0.6) is 0 Å². The molecule has 0 amide bonds. The van der Waals surface area contributed by atoms with Crippen LogP contribution in [0.15, 0.2) is 22.8 Å². The Labute approximate surface area is 216 Å². The van der Waals surface area contributed by atoms with Gasteiger partial charge in [0.05, 0.1) is 6.07 Å². The zero-order valence-corrected chi connectivity index (χ0v) is 23.1. The molecule has 5 saturated carbocycles. The van der Waals surface area contributed by atoms with Crippen LogP contribution in [-0.4, -0.2) is 5.54 Å². The molecule has 7 unspecified atom stereocenters. The molecule has 0 heterocycles. The second kappa shape index (κ2) is 10.0. The average molecular weight is 477 g/mol. The van der Waals surface area contributed by atoms with Crippen molar-refractivity contribution in [2.24, 2.45) is 40.2 Å². The number of hydrogen-bond donors (Lipinski definition) is 1. The first-order chi connectivity index (χ1) is 16.8. The van der Waals surface area contributed by atoms with Gasteiger partial charge in [-0.25, -0.2) is 0 Å². The monoisotopic (exact) mass is 476 g/mol. The summed E-state index contributed by atoms with van der Waals surface area (Å²) in [5, 5.41) is 9.46. The highest BCUT2D eigenvalue weighted by Crippen LogP contribution is 2.70. The zero-order valence-electron chi connectivity index (χ0n) is 23.1. The van der Waals surface area contributed by atoms with E-state index in [0.717, 1.165) is 12.3 Å². The van der Waals surface area contributed by atoms with Gasteiger partial charge in [0.1, 0.15) is 0 Å². The van der Waals surface area contributed by atoms with Crippen LogP contribution in [0.3, 0.4) is 0 Å². The van der Waals surface area contributed by atoms with Crippen LogP contribution in [0.1, 0.15) is 136 Å². The van der Waals surface area contributed by atoms with E-state index in [2.05, 4.69) is 32.9 Å². The summed E-state index contributed by atoms with van der Waals surface area (Å²) >= 11 is 0. The van der Waals surface area contributed by atoms with Crippen LogP contribution in [-0.2, 0) is 0 Å². The third-order valence-corrected chi connectivity index (χ3v) is 12.3. The van der Waals surface area contributed by atoms with Gasteiger partial charge in [0.25, 0.3) is 0 Å². The van der Waals surface area contributed by atoms with Gasteiger partial charge in [-0.15, -0.1) is 0 Å². The van der Waals surface area contributed by atoms with Gasteiger partial charge in [-0.3, -0.25) is 0 Å². The lowest BCUT2D eigenvalue weighted by molar-refractivity contribution is -0.132. The van der Waals surface area contributed by atoms with Crippen LogP contribution in [0, 0.1) is 45.8 Å². The third-order valence-electron chi connectivity index (χ3n) is 12.3. The Morgan fingerprint density at radius 1 is 1.00 bits per heavy atom. The second-order valence-corrected chi connectivity index (χ2v) is 13.9. The molecule has 0 aromatic rings. The van der Waals surface area contributed by atoms with Gasteiger partial charge in [0.15, 0.2) is 0 Å². The summed E-state index contributed by atoms with van der Waals surface area (Å²) < 4.78 is 0. The van der Waals surface area contributed by atoms with Crippen LogP contribution < -0.4 is 5.73 Å². The first-order valence-electron chi connectivity index (χ1n) is 15.4. The van der Waals surface area contributed by atoms with Gasteiger partial charge in [-0.2, -0.15) is 5.26 Å². The molecule has 194 valence electrons. The van der Waals surface area contributed by atoms with Crippen molar-refractivity contribution in [1.29, 1.82) is 5.26 Å². The van der Waals surface area contributed by atoms with E-state index in [0.29, 0.717) is 35.0 Å². The van der Waals surface area contributed by atoms with Gasteiger partial charge in [0.2, 0.25) is 0 Å². The van der Waals surface area contributed by atoms with E-state index in [1.54, 1.807) is 16.7 Å². The maximum atomic E-state index is 9.46. The van der Waals surface area contributed by atoms with E-state index < -0.39 is 0 Å². The van der Waals surface area contributed by atoms with E-state index in [1.807, 2.05) is 0 Å². The van der Waals surface area contributed by atoms with E-state index in [1.165, 1.54) is 103 Å². The number of fused-ring (bicyclic) bond motifs is 5. The number of allylic oxidation sites excluding steroid dienone is 4. The summed E-state index contributed by atoms with van der Waals surface area (Å²) in [6.07, 6.45) is 25.6. The maximum Gasteiger partial charge on any atom is 0.0625 e. The fourth-order valence-corrected chi connectivity index (χ4v) is 10.6. The number of nitrogens with two attached hydrogens (primary N) is 1. The molecular weight excluding hydrogens is 424 g/mol. The lowest BCUT2D eigenvalue weighted by Crippen LogP contribution is -2.70. The van der Waals surface area contributed by atoms with Crippen molar-refractivity contribution < 1.29 is 0 Å².